The van der Waals surface area contributed by atoms with Crippen molar-refractivity contribution in [1.29, 1.82) is 0 Å². The molecule has 0 N–H and O–H groups in total. The Kier molecular flexibility index (Phi) is 2.96. The molecule has 2 heterocycles. The van der Waals surface area contributed by atoms with E-state index in [0.717, 1.165) is 27.0 Å². The minimum absolute atomic E-state index is 0.0844. The van der Waals surface area contributed by atoms with Gasteiger partial charge in [0.2, 0.25) is 0 Å². The van der Waals surface area contributed by atoms with Crippen molar-refractivity contribution in [2.45, 2.75) is 24.4 Å². The molecule has 90 valence electrons. The van der Waals surface area contributed by atoms with Gasteiger partial charge in [0.1, 0.15) is 4.70 Å². The Labute approximate surface area is 108 Å². The summed E-state index contributed by atoms with van der Waals surface area (Å²) in [7, 11) is 1.82. The number of thioether (sulfide) groups is 1. The van der Waals surface area contributed by atoms with E-state index in [4.69, 9.17) is 0 Å². The van der Waals surface area contributed by atoms with E-state index < -0.39 is 0 Å². The van der Waals surface area contributed by atoms with Gasteiger partial charge in [0.15, 0.2) is 5.16 Å². The third kappa shape index (κ3) is 2.02. The Balaban J connectivity index is 1.92. The number of aromatic nitrogens is 2. The molecule has 0 atom stereocenters. The van der Waals surface area contributed by atoms with Crippen LogP contribution in [-0.2, 0) is 7.05 Å². The fraction of sp³-hybridized carbons (Fsp3) is 0.500. The molecule has 0 radical (unpaired) electrons. The first-order chi connectivity index (χ1) is 8.25. The number of hydrogen-bond donors (Lipinski definition) is 0. The number of thiophene rings is 1. The van der Waals surface area contributed by atoms with Crippen molar-refractivity contribution in [3.8, 4) is 0 Å². The van der Waals surface area contributed by atoms with Crippen LogP contribution in [0, 0.1) is 5.92 Å². The van der Waals surface area contributed by atoms with Gasteiger partial charge in [0, 0.05) is 12.8 Å². The Bertz CT molecular complexity index is 598. The van der Waals surface area contributed by atoms with Gasteiger partial charge in [-0.2, -0.15) is 0 Å². The van der Waals surface area contributed by atoms with E-state index in [-0.39, 0.29) is 5.56 Å². The van der Waals surface area contributed by atoms with Crippen LogP contribution < -0.4 is 5.56 Å². The highest BCUT2D eigenvalue weighted by atomic mass is 32.2. The minimum Gasteiger partial charge on any atom is -0.290 e. The van der Waals surface area contributed by atoms with Crippen LogP contribution >= 0.6 is 23.1 Å². The Hall–Kier alpha value is -0.810. The zero-order chi connectivity index (χ0) is 11.8. The van der Waals surface area contributed by atoms with Gasteiger partial charge in [-0.1, -0.05) is 18.2 Å². The molecule has 0 amide bonds. The lowest BCUT2D eigenvalue weighted by atomic mass is 9.87. The van der Waals surface area contributed by atoms with E-state index >= 15 is 0 Å². The third-order valence-corrected chi connectivity index (χ3v) is 5.47. The van der Waals surface area contributed by atoms with Crippen molar-refractivity contribution in [1.82, 2.24) is 9.55 Å². The van der Waals surface area contributed by atoms with Gasteiger partial charge in [0.05, 0.1) is 5.52 Å². The monoisotopic (exact) mass is 266 g/mol. The van der Waals surface area contributed by atoms with E-state index in [1.54, 1.807) is 16.3 Å². The molecule has 2 aromatic rings. The van der Waals surface area contributed by atoms with Crippen LogP contribution in [0.1, 0.15) is 19.3 Å². The summed E-state index contributed by atoms with van der Waals surface area (Å²) >= 11 is 3.19. The average Bonchev–Trinajstić information content (AvgIpc) is 2.71. The number of fused-ring (bicyclic) bond motifs is 1. The maximum Gasteiger partial charge on any atom is 0.271 e. The summed E-state index contributed by atoms with van der Waals surface area (Å²) in [5.41, 5.74) is 0.926. The van der Waals surface area contributed by atoms with Crippen LogP contribution in [0.3, 0.4) is 0 Å². The first-order valence-electron chi connectivity index (χ1n) is 5.83. The Morgan fingerprint density at radius 2 is 2.41 bits per heavy atom. The Morgan fingerprint density at radius 1 is 1.59 bits per heavy atom. The number of nitrogens with zero attached hydrogens (tertiary/aromatic N) is 2. The second kappa shape index (κ2) is 4.46. The van der Waals surface area contributed by atoms with Gasteiger partial charge < -0.3 is 0 Å². The summed E-state index contributed by atoms with van der Waals surface area (Å²) in [6, 6.07) is 1.93. The lowest BCUT2D eigenvalue weighted by Gasteiger charge is -2.24. The fourth-order valence-corrected chi connectivity index (χ4v) is 3.91. The molecule has 3 nitrogen and oxygen atoms in total. The normalized spacial score (nSPS) is 16.3. The Morgan fingerprint density at radius 3 is 3.12 bits per heavy atom. The van der Waals surface area contributed by atoms with Gasteiger partial charge in [-0.25, -0.2) is 4.98 Å². The molecule has 0 aromatic carbocycles. The molecule has 5 heteroatoms. The molecule has 0 aliphatic heterocycles. The number of rotatable bonds is 3. The van der Waals surface area contributed by atoms with Crippen LogP contribution in [0.5, 0.6) is 0 Å². The molecule has 1 saturated carbocycles. The van der Waals surface area contributed by atoms with Crippen molar-refractivity contribution in [3.05, 3.63) is 21.8 Å². The van der Waals surface area contributed by atoms with E-state index in [1.807, 2.05) is 18.5 Å². The van der Waals surface area contributed by atoms with Gasteiger partial charge in [0.25, 0.3) is 5.56 Å². The van der Waals surface area contributed by atoms with Crippen LogP contribution in [-0.4, -0.2) is 15.3 Å². The smallest absolute Gasteiger partial charge is 0.271 e. The SMILES string of the molecule is Cn1c(SCC2CCC2)nc2ccsc2c1=O. The molecule has 2 aromatic heterocycles. The third-order valence-electron chi connectivity index (χ3n) is 3.32. The second-order valence-corrected chi connectivity index (χ2v) is 6.40. The molecular weight excluding hydrogens is 252 g/mol. The van der Waals surface area contributed by atoms with Gasteiger partial charge in [-0.15, -0.1) is 11.3 Å². The van der Waals surface area contributed by atoms with Gasteiger partial charge in [-0.05, 0) is 30.2 Å². The summed E-state index contributed by atoms with van der Waals surface area (Å²) in [4.78, 5) is 16.6. The maximum atomic E-state index is 12.1. The summed E-state index contributed by atoms with van der Waals surface area (Å²) < 4.78 is 2.45. The number of hydrogen-bond acceptors (Lipinski definition) is 4. The zero-order valence-electron chi connectivity index (χ0n) is 9.68. The van der Waals surface area contributed by atoms with E-state index in [1.165, 1.54) is 30.6 Å². The molecule has 3 rings (SSSR count). The molecule has 0 unspecified atom stereocenters. The largest absolute Gasteiger partial charge is 0.290 e. The standard InChI is InChI=1S/C12H14N2OS2/c1-14-11(15)10-9(5-6-16-10)13-12(14)17-7-8-3-2-4-8/h5-6,8H,2-4,7H2,1H3. The summed E-state index contributed by atoms with van der Waals surface area (Å²) in [6.45, 7) is 0. The molecule has 0 saturated heterocycles. The molecule has 0 spiro atoms. The van der Waals surface area contributed by atoms with Gasteiger partial charge >= 0.3 is 0 Å². The summed E-state index contributed by atoms with van der Waals surface area (Å²) in [6.07, 6.45) is 4.03. The predicted octanol–water partition coefficient (Wildman–Crippen LogP) is 2.89. The van der Waals surface area contributed by atoms with Crippen LogP contribution in [0.4, 0.5) is 0 Å². The van der Waals surface area contributed by atoms with E-state index in [9.17, 15) is 4.79 Å². The van der Waals surface area contributed by atoms with Gasteiger partial charge in [-0.3, -0.25) is 9.36 Å². The maximum absolute atomic E-state index is 12.1. The minimum atomic E-state index is 0.0844. The molecule has 0 bridgehead atoms. The molecule has 1 aliphatic rings. The van der Waals surface area contributed by atoms with Crippen molar-refractivity contribution in [2.75, 3.05) is 5.75 Å². The molecule has 1 fully saturated rings. The van der Waals surface area contributed by atoms with Crippen LogP contribution in [0.25, 0.3) is 10.2 Å². The van der Waals surface area contributed by atoms with Crippen molar-refractivity contribution >= 4 is 33.3 Å². The lowest BCUT2D eigenvalue weighted by molar-refractivity contribution is 0.353. The van der Waals surface area contributed by atoms with Crippen LogP contribution in [0.2, 0.25) is 0 Å². The van der Waals surface area contributed by atoms with E-state index in [2.05, 4.69) is 4.98 Å². The predicted molar refractivity (Wildman–Crippen MR) is 72.9 cm³/mol. The zero-order valence-corrected chi connectivity index (χ0v) is 11.3. The van der Waals surface area contributed by atoms with E-state index in [0.29, 0.717) is 0 Å². The highest BCUT2D eigenvalue weighted by Crippen LogP contribution is 2.32. The summed E-state index contributed by atoms with van der Waals surface area (Å²) in [5.74, 6) is 1.92. The van der Waals surface area contributed by atoms with Crippen molar-refractivity contribution in [2.24, 2.45) is 13.0 Å². The molecular formula is C12H14N2OS2. The average molecular weight is 266 g/mol. The fourth-order valence-electron chi connectivity index (χ4n) is 1.95. The summed E-state index contributed by atoms with van der Waals surface area (Å²) in [5, 5.41) is 2.78. The van der Waals surface area contributed by atoms with Crippen molar-refractivity contribution < 1.29 is 0 Å². The first kappa shape index (κ1) is 11.3. The quantitative estimate of drug-likeness (QED) is 0.633. The first-order valence-corrected chi connectivity index (χ1v) is 7.69. The lowest BCUT2D eigenvalue weighted by Crippen LogP contribution is -2.20. The highest BCUT2D eigenvalue weighted by molar-refractivity contribution is 7.99. The molecule has 17 heavy (non-hydrogen) atoms. The second-order valence-electron chi connectivity index (χ2n) is 4.50. The van der Waals surface area contributed by atoms with Crippen LogP contribution in [0.15, 0.2) is 21.4 Å². The topological polar surface area (TPSA) is 34.9 Å². The molecule has 1 aliphatic carbocycles. The highest BCUT2D eigenvalue weighted by Gasteiger charge is 2.19. The van der Waals surface area contributed by atoms with Crippen molar-refractivity contribution in [3.63, 3.8) is 0 Å².